The van der Waals surface area contributed by atoms with Crippen molar-refractivity contribution in [3.8, 4) is 0 Å². The van der Waals surface area contributed by atoms with Crippen LogP contribution >= 0.6 is 23.5 Å². The van der Waals surface area contributed by atoms with Crippen LogP contribution in [0.4, 0.5) is 34.0 Å². The average Bonchev–Trinajstić information content (AvgIpc) is 1.54. The van der Waals surface area contributed by atoms with Crippen LogP contribution in [0.5, 0.6) is 0 Å². The predicted octanol–water partition coefficient (Wildman–Crippen LogP) is 11.6. The molecule has 10 rings (SSSR count). The number of fused-ring (bicyclic) bond motifs is 2. The van der Waals surface area contributed by atoms with E-state index < -0.39 is 75.5 Å². The first-order valence-corrected chi connectivity index (χ1v) is 33.5. The van der Waals surface area contributed by atoms with Crippen LogP contribution in [0, 0.1) is 36.6 Å². The molecule has 2 aliphatic carbocycles. The number of rotatable bonds is 13. The summed E-state index contributed by atoms with van der Waals surface area (Å²) in [6.45, 7) is 34.5. The maximum absolute atomic E-state index is 15.6. The van der Waals surface area contributed by atoms with Gasteiger partial charge in [0.05, 0.1) is 36.7 Å². The van der Waals surface area contributed by atoms with Crippen molar-refractivity contribution in [3.63, 3.8) is 0 Å². The number of carbonyl (C=O) groups is 3. The maximum atomic E-state index is 15.6. The third-order valence-corrected chi connectivity index (χ3v) is 19.8. The van der Waals surface area contributed by atoms with Gasteiger partial charge in [0.2, 0.25) is 5.91 Å². The fourth-order valence-corrected chi connectivity index (χ4v) is 14.3. The lowest BCUT2D eigenvalue weighted by molar-refractivity contribution is -0.137. The number of nitrogens with two attached hydrogens (primary N) is 1. The monoisotopic (exact) mass is 1240 g/mol. The highest BCUT2D eigenvalue weighted by Gasteiger charge is 2.73. The molecule has 4 fully saturated rings. The van der Waals surface area contributed by atoms with E-state index in [2.05, 4.69) is 59.6 Å². The van der Waals surface area contributed by atoms with Gasteiger partial charge in [0.1, 0.15) is 57.2 Å². The van der Waals surface area contributed by atoms with Crippen molar-refractivity contribution in [2.75, 3.05) is 52.7 Å². The Morgan fingerprint density at radius 2 is 1.35 bits per heavy atom. The van der Waals surface area contributed by atoms with E-state index in [1.807, 2.05) is 4.90 Å². The van der Waals surface area contributed by atoms with E-state index in [9.17, 15) is 23.9 Å². The molecular formula is C60H70F4N12O7S2Si. The van der Waals surface area contributed by atoms with Crippen LogP contribution in [-0.2, 0) is 34.9 Å². The van der Waals surface area contributed by atoms with Gasteiger partial charge in [-0.1, -0.05) is 68.4 Å². The molecular weight excluding hydrogens is 1170 g/mol. The second-order valence-electron chi connectivity index (χ2n) is 24.1. The molecule has 2 saturated heterocycles. The number of aromatic nitrogens is 4. The van der Waals surface area contributed by atoms with Crippen molar-refractivity contribution in [1.29, 1.82) is 0 Å². The Morgan fingerprint density at radius 3 is 1.80 bits per heavy atom. The molecule has 0 radical (unpaired) electrons. The molecule has 6 heterocycles. The number of nitrogens with zero attached hydrogens (tertiary/aromatic N) is 10. The number of carbonyl (C=O) groups excluding carboxylic acids is 2. The second-order valence-corrected chi connectivity index (χ2v) is 32.4. The van der Waals surface area contributed by atoms with Crippen molar-refractivity contribution >= 4 is 95.3 Å². The number of amidine groups is 2. The van der Waals surface area contributed by atoms with Crippen LogP contribution in [0.2, 0.25) is 25.7 Å². The zero-order valence-corrected chi connectivity index (χ0v) is 51.9. The third-order valence-electron chi connectivity index (χ3n) is 15.3. The molecule has 456 valence electrons. The molecule has 2 aromatic heterocycles. The van der Waals surface area contributed by atoms with Crippen LogP contribution in [-0.4, -0.2) is 139 Å². The summed E-state index contributed by atoms with van der Waals surface area (Å²) in [6.07, 6.45) is 10.1. The number of benzene rings is 2. The fourth-order valence-electron chi connectivity index (χ4n) is 10.6. The molecule has 6 atom stereocenters. The van der Waals surface area contributed by atoms with Gasteiger partial charge < -0.3 is 45.0 Å². The third kappa shape index (κ3) is 15.0. The average molecular weight is 1240 g/mol. The molecule has 4 N–H and O–H groups in total. The van der Waals surface area contributed by atoms with Gasteiger partial charge in [0.25, 0.3) is 11.6 Å². The largest absolute Gasteiger partial charge is 0.480 e. The number of hydrogen-bond acceptors (Lipinski definition) is 16. The number of amides is 2. The Labute approximate surface area is 507 Å². The number of nitrogens with one attached hydrogen (secondary N) is 1. The number of halogens is 4. The molecule has 86 heavy (non-hydrogen) atoms. The van der Waals surface area contributed by atoms with Crippen LogP contribution in [0.25, 0.3) is 33.5 Å². The quantitative estimate of drug-likeness (QED) is 0.0372. The molecule has 0 bridgehead atoms. The first-order valence-electron chi connectivity index (χ1n) is 28.1. The van der Waals surface area contributed by atoms with E-state index in [4.69, 9.17) is 38.1 Å². The zero-order valence-electron chi connectivity index (χ0n) is 49.3. The van der Waals surface area contributed by atoms with Gasteiger partial charge in [-0.3, -0.25) is 29.5 Å². The highest BCUT2D eigenvalue weighted by Crippen LogP contribution is 2.68. The summed E-state index contributed by atoms with van der Waals surface area (Å²) in [4.78, 5) is 73.9. The molecule has 2 amide bonds. The van der Waals surface area contributed by atoms with Crippen LogP contribution in [0.15, 0.2) is 71.2 Å². The topological polar surface area (TPSA) is 229 Å². The highest BCUT2D eigenvalue weighted by molar-refractivity contribution is 8.16. The smallest absolute Gasteiger partial charge is 0.418 e. The van der Waals surface area contributed by atoms with E-state index in [1.54, 1.807) is 40.7 Å². The van der Waals surface area contributed by atoms with E-state index in [0.29, 0.717) is 18.6 Å². The Balaban J connectivity index is 0.000000208. The van der Waals surface area contributed by atoms with E-state index in [-0.39, 0.29) is 75.0 Å². The molecule has 0 spiro atoms. The SMILES string of the molecule is C1COCCN1.[C-]#[N+]c1cnc(/C(F)=C/c2ccc(F)c([C@@]3(C)N=C(N(COCC[Si](C)(C)C)C(=O)OC(C)(C)C)S[C@@]4(C(=O)O)C[C@H]43)c2)cn1.[C-]#[N+]c1cnc(/C(F)=C/c2ccc(F)c([C@@]3(C)N=C(N)S[C@@]4(C(=O)N5CCCCC5)C[C@H]43)c2)cn1. The zero-order chi connectivity index (χ0) is 62.4. The molecule has 26 heteroatoms. The number of aliphatic carboxylic acids is 1. The number of morpholine rings is 1. The Kier molecular flexibility index (Phi) is 20.0. The van der Waals surface area contributed by atoms with Crippen molar-refractivity contribution in [1.82, 2.24) is 35.1 Å². The molecule has 4 aromatic rings. The van der Waals surface area contributed by atoms with Gasteiger partial charge in [-0.05, 0) is 120 Å². The number of thioether (sulfide) groups is 2. The van der Waals surface area contributed by atoms with Gasteiger partial charge >= 0.3 is 12.1 Å². The number of carboxylic acids is 1. The predicted molar refractivity (Wildman–Crippen MR) is 327 cm³/mol. The number of carboxylic acid groups (broad SMARTS) is 1. The van der Waals surface area contributed by atoms with Gasteiger partial charge in [-0.25, -0.2) is 27.3 Å². The standard InChI is InChI=1S/C31H37F2N5O5SSi.C25H24F2N6OS.C4H9NO/c1-29(2,3)43-28(41)38(18-42-11-12-45(6,7)8)27-37-30(4,24-15-31(24,44-27)26(39)40)20-13-19(9-10-21(20)32)14-22(33)23-16-36-25(34-5)17-35-23;1-24(20-12-25(20,35-23(28)32-24)22(34)33-8-4-3-5-9-33)16-10-15(6-7-17(16)26)11-18(27)19-13-31-21(29-2)14-30-19;1-3-6-4-2-5-1/h9-10,13-14,16-17,24H,11-12,15,18H2,1-4,6-8H3,(H,39,40);6-7,10-11,13-14,20H,3-5,8-9,12H2,1H3,(H2,28,32);5H,1-4H2/b22-14-;18-11-;/t24-,30+,31-;20-,24+,25-;/m00./s1. The van der Waals surface area contributed by atoms with E-state index in [1.165, 1.54) is 65.5 Å². The lowest BCUT2D eigenvalue weighted by atomic mass is 9.84. The molecule has 4 aliphatic heterocycles. The lowest BCUT2D eigenvalue weighted by Gasteiger charge is -2.37. The molecule has 6 aliphatic rings. The number of piperidine rings is 1. The van der Waals surface area contributed by atoms with Crippen molar-refractivity contribution in [2.24, 2.45) is 27.6 Å². The minimum atomic E-state index is -1.45. The molecule has 0 unspecified atom stereocenters. The van der Waals surface area contributed by atoms with Crippen LogP contribution in [0.1, 0.15) is 100 Å². The summed E-state index contributed by atoms with van der Waals surface area (Å²) in [5.74, 6) is -4.38. The molecule has 19 nitrogen and oxygen atoms in total. The minimum absolute atomic E-state index is 0.0144. The van der Waals surface area contributed by atoms with Gasteiger partial charge in [0, 0.05) is 63.8 Å². The Morgan fingerprint density at radius 1 is 0.826 bits per heavy atom. The van der Waals surface area contributed by atoms with Crippen LogP contribution < -0.4 is 11.1 Å². The van der Waals surface area contributed by atoms with Crippen LogP contribution in [0.3, 0.4) is 0 Å². The maximum Gasteiger partial charge on any atom is 0.418 e. The van der Waals surface area contributed by atoms with Gasteiger partial charge in [0.15, 0.2) is 22.0 Å². The molecule has 2 saturated carbocycles. The number of ether oxygens (including phenoxy) is 3. The van der Waals surface area contributed by atoms with Gasteiger partial charge in [-0.15, -0.1) is 9.97 Å². The van der Waals surface area contributed by atoms with E-state index >= 15 is 13.2 Å². The summed E-state index contributed by atoms with van der Waals surface area (Å²) in [6, 6.07) is 9.09. The normalized spacial score (nSPS) is 25.1. The summed E-state index contributed by atoms with van der Waals surface area (Å²) < 4.78 is 75.1. The first-order chi connectivity index (χ1) is 40.6. The summed E-state index contributed by atoms with van der Waals surface area (Å²) in [7, 11) is -1.45. The summed E-state index contributed by atoms with van der Waals surface area (Å²) in [5, 5.41) is 13.8. The van der Waals surface area contributed by atoms with Crippen molar-refractivity contribution < 1.29 is 51.3 Å². The number of likely N-dealkylation sites (tertiary alicyclic amines) is 1. The summed E-state index contributed by atoms with van der Waals surface area (Å²) >= 11 is 2.22. The van der Waals surface area contributed by atoms with E-state index in [0.717, 1.165) is 94.9 Å². The first kappa shape index (κ1) is 64.9. The second kappa shape index (κ2) is 26.5. The van der Waals surface area contributed by atoms with Crippen molar-refractivity contribution in [3.05, 3.63) is 129 Å². The Hall–Kier alpha value is -7.07. The minimum Gasteiger partial charge on any atom is -0.480 e. The lowest BCUT2D eigenvalue weighted by Crippen LogP contribution is -2.47. The number of aliphatic imine (C=N–C) groups is 2. The number of hydrogen-bond donors (Lipinski definition) is 3. The molecule has 2 aromatic carbocycles. The Bertz CT molecular complexity index is 3410. The highest BCUT2D eigenvalue weighted by atomic mass is 32.2. The van der Waals surface area contributed by atoms with Gasteiger partial charge in [-0.2, -0.15) is 0 Å². The summed E-state index contributed by atoms with van der Waals surface area (Å²) in [5.41, 5.74) is 3.73. The van der Waals surface area contributed by atoms with Crippen molar-refractivity contribution in [2.45, 2.75) is 119 Å². The fraction of sp³-hybridized carbons (Fsp3) is 0.483.